The van der Waals surface area contributed by atoms with E-state index in [1.807, 2.05) is 0 Å². The van der Waals surface area contributed by atoms with E-state index in [1.165, 1.54) is 12.1 Å². The molecule has 0 bridgehead atoms. The highest BCUT2D eigenvalue weighted by Gasteiger charge is 2.35. The first kappa shape index (κ1) is 24.3. The second-order valence-corrected chi connectivity index (χ2v) is 6.32. The summed E-state index contributed by atoms with van der Waals surface area (Å²) >= 11 is 0. The van der Waals surface area contributed by atoms with E-state index < -0.39 is 17.5 Å². The monoisotopic (exact) mass is 444 g/mol. The highest BCUT2D eigenvalue weighted by Crippen LogP contribution is 2.37. The summed E-state index contributed by atoms with van der Waals surface area (Å²) in [4.78, 5) is 11.1. The first-order valence-corrected chi connectivity index (χ1v) is 8.15. The molecule has 0 radical (unpaired) electrons. The van der Waals surface area contributed by atoms with Crippen molar-refractivity contribution in [3.8, 4) is 11.5 Å². The number of benzene rings is 1. The number of nitrogens with one attached hydrogen (secondary N) is 2. The van der Waals surface area contributed by atoms with Gasteiger partial charge >= 0.3 is 11.9 Å². The van der Waals surface area contributed by atoms with Gasteiger partial charge in [0.25, 0.3) is 0 Å². The fourth-order valence-electron chi connectivity index (χ4n) is 2.92. The third-order valence-electron chi connectivity index (χ3n) is 4.30. The van der Waals surface area contributed by atoms with E-state index in [4.69, 9.17) is 14.9 Å². The van der Waals surface area contributed by atoms with Crippen LogP contribution in [0.1, 0.15) is 25.3 Å². The maximum Gasteiger partial charge on any atom is 0.434 e. The minimum atomic E-state index is -4.54. The number of hydrogen-bond donors (Lipinski definition) is 3. The molecule has 158 valence electrons. The molecule has 4 N–H and O–H groups in total. The Hall–Kier alpha value is -1.75. The van der Waals surface area contributed by atoms with Crippen LogP contribution in [-0.2, 0) is 10.9 Å². The molecule has 1 aliphatic heterocycles. The van der Waals surface area contributed by atoms with E-state index in [9.17, 15) is 18.0 Å². The molecular weight excluding hydrogens is 424 g/mol. The molecule has 3 atom stereocenters. The van der Waals surface area contributed by atoms with Crippen molar-refractivity contribution < 1.29 is 22.3 Å². The van der Waals surface area contributed by atoms with Crippen molar-refractivity contribution in [1.29, 1.82) is 0 Å². The lowest BCUT2D eigenvalue weighted by Crippen LogP contribution is -2.42. The molecule has 1 aliphatic rings. The predicted molar refractivity (Wildman–Crippen MR) is 102 cm³/mol. The van der Waals surface area contributed by atoms with Gasteiger partial charge in [0.05, 0.1) is 18.3 Å². The van der Waals surface area contributed by atoms with Gasteiger partial charge in [-0.3, -0.25) is 0 Å². The number of ether oxygens (including phenoxy) is 1. The number of hydrogen-bond acceptors (Lipinski definition) is 6. The number of halogens is 5. The molecule has 1 saturated heterocycles. The van der Waals surface area contributed by atoms with Gasteiger partial charge in [-0.25, -0.2) is 9.89 Å². The minimum Gasteiger partial charge on any atom is -0.388 e. The van der Waals surface area contributed by atoms with Gasteiger partial charge in [0.1, 0.15) is 0 Å². The quantitative estimate of drug-likeness (QED) is 0.668. The Morgan fingerprint density at radius 1 is 1.32 bits per heavy atom. The average Bonchev–Trinajstić information content (AvgIpc) is 3.01. The molecule has 28 heavy (non-hydrogen) atoms. The second kappa shape index (κ2) is 9.64. The topological polar surface area (TPSA) is 106 Å². The Labute approximate surface area is 171 Å². The summed E-state index contributed by atoms with van der Waals surface area (Å²) in [6.45, 7) is 2.13. The summed E-state index contributed by atoms with van der Waals surface area (Å²) in [7, 11) is 0. The van der Waals surface area contributed by atoms with Gasteiger partial charge in [-0.2, -0.15) is 13.2 Å². The molecule has 0 aliphatic carbocycles. The van der Waals surface area contributed by atoms with E-state index in [0.717, 1.165) is 12.5 Å². The largest absolute Gasteiger partial charge is 0.434 e. The zero-order valence-electron chi connectivity index (χ0n) is 14.8. The van der Waals surface area contributed by atoms with Gasteiger partial charge in [0.2, 0.25) is 5.89 Å². The van der Waals surface area contributed by atoms with E-state index in [0.29, 0.717) is 13.0 Å². The summed E-state index contributed by atoms with van der Waals surface area (Å²) in [5, 5.41) is 8.60. The first-order chi connectivity index (χ1) is 12.2. The zero-order chi connectivity index (χ0) is 18.9. The number of anilines is 1. The molecule has 1 fully saturated rings. The number of nitrogens with two attached hydrogens (primary N) is 1. The van der Waals surface area contributed by atoms with Crippen molar-refractivity contribution in [3.63, 3.8) is 0 Å². The maximum absolute atomic E-state index is 13.3. The number of nitrogens with zero attached hydrogens (tertiary/aromatic N) is 1. The van der Waals surface area contributed by atoms with Crippen LogP contribution in [0.15, 0.2) is 27.4 Å². The van der Waals surface area contributed by atoms with Crippen molar-refractivity contribution in [1.82, 2.24) is 10.2 Å². The Balaban J connectivity index is 0.00000196. The molecule has 3 rings (SSSR count). The summed E-state index contributed by atoms with van der Waals surface area (Å²) in [6, 6.07) is 2.97. The van der Waals surface area contributed by atoms with Gasteiger partial charge in [-0.15, -0.1) is 29.9 Å². The van der Waals surface area contributed by atoms with E-state index in [2.05, 4.69) is 15.5 Å². The maximum atomic E-state index is 13.3. The van der Waals surface area contributed by atoms with Crippen LogP contribution in [-0.4, -0.2) is 35.0 Å². The van der Waals surface area contributed by atoms with E-state index in [-0.39, 0.29) is 60.1 Å². The van der Waals surface area contributed by atoms with Crippen molar-refractivity contribution in [2.75, 3.05) is 11.9 Å². The van der Waals surface area contributed by atoms with Crippen molar-refractivity contribution in [2.45, 2.75) is 44.1 Å². The molecule has 0 spiro atoms. The second-order valence-electron chi connectivity index (χ2n) is 6.32. The summed E-state index contributed by atoms with van der Waals surface area (Å²) < 4.78 is 50.5. The molecule has 2 heterocycles. The normalized spacial score (nSPS) is 20.6. The van der Waals surface area contributed by atoms with Gasteiger partial charge in [0.15, 0.2) is 0 Å². The molecule has 1 aromatic heterocycles. The lowest BCUT2D eigenvalue weighted by Gasteiger charge is -2.32. The van der Waals surface area contributed by atoms with Crippen LogP contribution in [0.4, 0.5) is 18.9 Å². The van der Waals surface area contributed by atoms with Gasteiger partial charge < -0.3 is 20.2 Å². The lowest BCUT2D eigenvalue weighted by molar-refractivity contribution is -0.137. The standard InChI is InChI=1S/C16H19F3N4O3.2ClH/c1-8(13-5-3-10(20)7-25-13)21-12-6-9(14-22-23-15(24)26-14)2-4-11(12)16(17,18)19;;/h2,4,6,8,10,13,21H,3,5,7,20H2,1H3,(H,23,24);2*1H/t8-,10+,13-;;/m0../s1. The van der Waals surface area contributed by atoms with Crippen LogP contribution in [0.5, 0.6) is 0 Å². The molecule has 7 nitrogen and oxygen atoms in total. The van der Waals surface area contributed by atoms with Gasteiger partial charge in [-0.1, -0.05) is 0 Å². The SMILES string of the molecule is C[C@H](Nc1cc(-c2n[nH]c(=O)o2)ccc1C(F)(F)F)[C@@H]1CC[C@@H](N)CO1.Cl.Cl. The number of alkyl halides is 3. The Bertz CT molecular complexity index is 820. The van der Waals surface area contributed by atoms with Gasteiger partial charge in [0, 0.05) is 23.3 Å². The number of rotatable bonds is 4. The fraction of sp³-hybridized carbons (Fsp3) is 0.500. The molecule has 12 heteroatoms. The lowest BCUT2D eigenvalue weighted by atomic mass is 10.00. The third-order valence-corrected chi connectivity index (χ3v) is 4.30. The van der Waals surface area contributed by atoms with E-state index in [1.54, 1.807) is 6.92 Å². The Morgan fingerprint density at radius 2 is 2.04 bits per heavy atom. The molecule has 0 unspecified atom stereocenters. The minimum absolute atomic E-state index is 0. The molecular formula is C16H21Cl2F3N4O3. The van der Waals surface area contributed by atoms with Crippen LogP contribution in [0, 0.1) is 0 Å². The molecule has 1 aromatic carbocycles. The Morgan fingerprint density at radius 3 is 2.57 bits per heavy atom. The summed E-state index contributed by atoms with van der Waals surface area (Å²) in [6.07, 6.45) is -3.38. The predicted octanol–water partition coefficient (Wildman–Crippen LogP) is 3.20. The molecule has 2 aromatic rings. The van der Waals surface area contributed by atoms with Crippen LogP contribution >= 0.6 is 24.8 Å². The average molecular weight is 445 g/mol. The number of aromatic amines is 1. The molecule has 0 saturated carbocycles. The van der Waals surface area contributed by atoms with Gasteiger partial charge in [-0.05, 0) is 38.0 Å². The summed E-state index contributed by atoms with van der Waals surface area (Å²) in [5.41, 5.74) is 5.07. The highest BCUT2D eigenvalue weighted by molar-refractivity contribution is 5.85. The number of aromatic nitrogens is 2. The fourth-order valence-corrected chi connectivity index (χ4v) is 2.92. The van der Waals surface area contributed by atoms with Crippen LogP contribution < -0.4 is 16.8 Å². The first-order valence-electron chi connectivity index (χ1n) is 8.15. The number of H-pyrrole nitrogens is 1. The van der Waals surface area contributed by atoms with Crippen molar-refractivity contribution in [2.24, 2.45) is 5.73 Å². The van der Waals surface area contributed by atoms with E-state index >= 15 is 0 Å². The zero-order valence-corrected chi connectivity index (χ0v) is 16.4. The summed E-state index contributed by atoms with van der Waals surface area (Å²) in [5.74, 6) is -0.867. The van der Waals surface area contributed by atoms with Crippen LogP contribution in [0.25, 0.3) is 11.5 Å². The van der Waals surface area contributed by atoms with Crippen LogP contribution in [0.2, 0.25) is 0 Å². The molecule has 0 amide bonds. The highest BCUT2D eigenvalue weighted by atomic mass is 35.5. The van der Waals surface area contributed by atoms with Crippen LogP contribution in [0.3, 0.4) is 0 Å². The third kappa shape index (κ3) is 5.63. The smallest absolute Gasteiger partial charge is 0.388 e. The van der Waals surface area contributed by atoms with Crippen molar-refractivity contribution in [3.05, 3.63) is 34.3 Å². The van der Waals surface area contributed by atoms with Crippen molar-refractivity contribution >= 4 is 30.5 Å². The Kier molecular flexibility index (Phi) is 8.36.